The minimum atomic E-state index is -0.416. The van der Waals surface area contributed by atoms with Crippen LogP contribution in [-0.2, 0) is 9.53 Å². The summed E-state index contributed by atoms with van der Waals surface area (Å²) in [5.41, 5.74) is 1.02. The molecule has 8 heteroatoms. The van der Waals surface area contributed by atoms with Crippen LogP contribution in [-0.4, -0.2) is 51.5 Å². The van der Waals surface area contributed by atoms with E-state index in [0.29, 0.717) is 42.5 Å². The molecule has 2 rings (SSSR count). The van der Waals surface area contributed by atoms with Crippen LogP contribution in [0.2, 0.25) is 0 Å². The van der Waals surface area contributed by atoms with Crippen LogP contribution >= 0.6 is 0 Å². The maximum atomic E-state index is 12.1. The summed E-state index contributed by atoms with van der Waals surface area (Å²) < 4.78 is 16.0. The molecule has 0 saturated heterocycles. The minimum absolute atomic E-state index is 0.284. The van der Waals surface area contributed by atoms with Crippen molar-refractivity contribution in [1.29, 1.82) is 0 Å². The van der Waals surface area contributed by atoms with Crippen molar-refractivity contribution >= 4 is 12.0 Å². The highest BCUT2D eigenvalue weighted by atomic mass is 16.5. The number of rotatable bonds is 9. The van der Waals surface area contributed by atoms with Gasteiger partial charge in [-0.25, -0.2) is 9.59 Å². The van der Waals surface area contributed by atoms with Crippen molar-refractivity contribution in [3.63, 3.8) is 0 Å². The average Bonchev–Trinajstić information content (AvgIpc) is 2.61. The zero-order valence-electron chi connectivity index (χ0n) is 15.3. The first-order valence-corrected chi connectivity index (χ1v) is 8.62. The van der Waals surface area contributed by atoms with Gasteiger partial charge in [0.2, 0.25) is 0 Å². The number of carbonyl (C=O) groups is 2. The number of benzene rings is 1. The molecule has 8 nitrogen and oxygen atoms in total. The molecule has 1 aliphatic rings. The van der Waals surface area contributed by atoms with E-state index in [9.17, 15) is 9.59 Å². The van der Waals surface area contributed by atoms with E-state index in [0.717, 1.165) is 0 Å². The largest absolute Gasteiger partial charge is 0.493 e. The Hall–Kier alpha value is -2.74. The minimum Gasteiger partial charge on any atom is -0.493 e. The van der Waals surface area contributed by atoms with Gasteiger partial charge in [0, 0.05) is 0 Å². The number of amides is 2. The molecular formula is C18H26N3O5+. The Morgan fingerprint density at radius 3 is 2.69 bits per heavy atom. The fourth-order valence-corrected chi connectivity index (χ4v) is 2.68. The number of esters is 1. The van der Waals surface area contributed by atoms with Gasteiger partial charge in [-0.1, -0.05) is 12.1 Å². The fraction of sp³-hybridized carbons (Fsp3) is 0.444. The van der Waals surface area contributed by atoms with Gasteiger partial charge in [-0.3, -0.25) is 0 Å². The van der Waals surface area contributed by atoms with Gasteiger partial charge in [0.1, 0.15) is 19.7 Å². The van der Waals surface area contributed by atoms with Crippen molar-refractivity contribution in [3.8, 4) is 11.5 Å². The lowest BCUT2D eigenvalue weighted by atomic mass is 10.0. The van der Waals surface area contributed by atoms with Crippen LogP contribution in [0.15, 0.2) is 35.5 Å². The number of hydrogen-bond donors (Lipinski definition) is 3. The zero-order chi connectivity index (χ0) is 18.9. The van der Waals surface area contributed by atoms with Gasteiger partial charge in [-0.2, -0.15) is 0 Å². The Morgan fingerprint density at radius 1 is 1.27 bits per heavy atom. The summed E-state index contributed by atoms with van der Waals surface area (Å²) in [6, 6.07) is 6.72. The third kappa shape index (κ3) is 5.13. The van der Waals surface area contributed by atoms with Crippen LogP contribution in [0.3, 0.4) is 0 Å². The molecule has 142 valence electrons. The van der Waals surface area contributed by atoms with Gasteiger partial charge in [0.15, 0.2) is 11.5 Å². The molecule has 4 N–H and O–H groups in total. The monoisotopic (exact) mass is 364 g/mol. The summed E-state index contributed by atoms with van der Waals surface area (Å²) in [5.74, 6) is 0.944. The van der Waals surface area contributed by atoms with E-state index in [-0.39, 0.29) is 12.6 Å². The standard InChI is InChI=1S/C18H25N3O5/c1-4-25-17(22)16-12(2)20-18(23)21-13(16)11-19-9-10-26-15-8-6-5-7-14(15)24-3/h5-8,12,19H,4,9-11H2,1-3H3,(H2,20,21,23)/p+1/t12-/m1/s1. The Morgan fingerprint density at radius 2 is 2.00 bits per heavy atom. The smallest absolute Gasteiger partial charge is 0.338 e. The Labute approximate surface area is 152 Å². The molecular weight excluding hydrogens is 338 g/mol. The second-order valence-electron chi connectivity index (χ2n) is 5.71. The quantitative estimate of drug-likeness (QED) is 0.428. The van der Waals surface area contributed by atoms with Crippen LogP contribution in [0.25, 0.3) is 0 Å². The van der Waals surface area contributed by atoms with Crippen LogP contribution in [0, 0.1) is 0 Å². The number of methoxy groups -OCH3 is 1. The molecule has 1 aromatic carbocycles. The number of carbonyl (C=O) groups excluding carboxylic acids is 2. The summed E-state index contributed by atoms with van der Waals surface area (Å²) in [5, 5.41) is 7.33. The molecule has 0 bridgehead atoms. The molecule has 0 aliphatic carbocycles. The molecule has 0 radical (unpaired) electrons. The molecule has 1 aromatic rings. The summed E-state index contributed by atoms with van der Waals surface area (Å²) in [4.78, 5) is 23.8. The molecule has 0 spiro atoms. The maximum Gasteiger partial charge on any atom is 0.338 e. The van der Waals surface area contributed by atoms with Gasteiger partial charge < -0.3 is 30.2 Å². The first kappa shape index (κ1) is 19.6. The Bertz CT molecular complexity index is 675. The fourth-order valence-electron chi connectivity index (χ4n) is 2.68. The van der Waals surface area contributed by atoms with Gasteiger partial charge in [0.05, 0.1) is 31.0 Å². The molecule has 1 atom stereocenters. The van der Waals surface area contributed by atoms with Crippen molar-refractivity contribution in [2.24, 2.45) is 0 Å². The predicted octanol–water partition coefficient (Wildman–Crippen LogP) is 0.156. The highest BCUT2D eigenvalue weighted by molar-refractivity contribution is 5.94. The number of hydrogen-bond acceptors (Lipinski definition) is 5. The van der Waals surface area contributed by atoms with Gasteiger partial charge in [-0.05, 0) is 26.0 Å². The molecule has 1 aliphatic heterocycles. The van der Waals surface area contributed by atoms with Crippen molar-refractivity contribution < 1.29 is 29.1 Å². The number of nitrogens with two attached hydrogens (primary N) is 1. The third-order valence-corrected chi connectivity index (χ3v) is 3.86. The normalized spacial score (nSPS) is 16.6. The van der Waals surface area contributed by atoms with Gasteiger partial charge >= 0.3 is 12.0 Å². The Kier molecular flexibility index (Phi) is 7.28. The number of nitrogens with one attached hydrogen (secondary N) is 2. The molecule has 0 fully saturated rings. The maximum absolute atomic E-state index is 12.1. The van der Waals surface area contributed by atoms with Gasteiger partial charge in [-0.15, -0.1) is 0 Å². The summed E-state index contributed by atoms with van der Waals surface area (Å²) in [6.45, 7) is 5.35. The SMILES string of the molecule is CCOC(=O)C1=C(C[NH2+]CCOc2ccccc2OC)NC(=O)N[C@@H]1C. The first-order valence-electron chi connectivity index (χ1n) is 8.62. The van der Waals surface area contributed by atoms with E-state index in [2.05, 4.69) is 10.6 Å². The highest BCUT2D eigenvalue weighted by Crippen LogP contribution is 2.25. The second kappa shape index (κ2) is 9.67. The van der Waals surface area contributed by atoms with E-state index in [1.807, 2.05) is 29.6 Å². The molecule has 0 saturated carbocycles. The lowest BCUT2D eigenvalue weighted by Gasteiger charge is -2.25. The van der Waals surface area contributed by atoms with E-state index in [1.54, 1.807) is 21.0 Å². The molecule has 0 unspecified atom stereocenters. The van der Waals surface area contributed by atoms with Crippen LogP contribution in [0.4, 0.5) is 4.79 Å². The molecule has 26 heavy (non-hydrogen) atoms. The second-order valence-corrected chi connectivity index (χ2v) is 5.71. The topological polar surface area (TPSA) is 102 Å². The summed E-state index contributed by atoms with van der Waals surface area (Å²) >= 11 is 0. The Balaban J connectivity index is 1.90. The lowest BCUT2D eigenvalue weighted by Crippen LogP contribution is -2.86. The van der Waals surface area contributed by atoms with Crippen LogP contribution < -0.4 is 25.4 Å². The van der Waals surface area contributed by atoms with E-state index in [1.165, 1.54) is 0 Å². The van der Waals surface area contributed by atoms with Crippen molar-refractivity contribution in [1.82, 2.24) is 10.6 Å². The lowest BCUT2D eigenvalue weighted by molar-refractivity contribution is -0.648. The van der Waals surface area contributed by atoms with Gasteiger partial charge in [0.25, 0.3) is 0 Å². The number of quaternary nitrogens is 1. The van der Waals surface area contributed by atoms with Crippen molar-refractivity contribution in [2.45, 2.75) is 19.9 Å². The van der Waals surface area contributed by atoms with Crippen LogP contribution in [0.1, 0.15) is 13.8 Å². The van der Waals surface area contributed by atoms with E-state index >= 15 is 0 Å². The molecule has 2 amide bonds. The number of ether oxygens (including phenoxy) is 3. The van der Waals surface area contributed by atoms with E-state index in [4.69, 9.17) is 14.2 Å². The summed E-state index contributed by atoms with van der Waals surface area (Å²) in [6.07, 6.45) is 0. The molecule has 1 heterocycles. The third-order valence-electron chi connectivity index (χ3n) is 3.86. The number of urea groups is 1. The van der Waals surface area contributed by atoms with E-state index < -0.39 is 12.0 Å². The first-order chi connectivity index (χ1) is 12.6. The van der Waals surface area contributed by atoms with Crippen molar-refractivity contribution in [2.75, 3.05) is 33.4 Å². The average molecular weight is 364 g/mol. The molecule has 0 aromatic heterocycles. The summed E-state index contributed by atoms with van der Waals surface area (Å²) in [7, 11) is 1.60. The zero-order valence-corrected chi connectivity index (χ0v) is 15.3. The van der Waals surface area contributed by atoms with Crippen LogP contribution in [0.5, 0.6) is 11.5 Å². The highest BCUT2D eigenvalue weighted by Gasteiger charge is 2.30. The number of para-hydroxylation sites is 2. The van der Waals surface area contributed by atoms with Crippen molar-refractivity contribution in [3.05, 3.63) is 35.5 Å². The predicted molar refractivity (Wildman–Crippen MR) is 94.9 cm³/mol.